The third kappa shape index (κ3) is 6.76. The first kappa shape index (κ1) is 25.3. The maximum absolute atomic E-state index is 7.04. The van der Waals surface area contributed by atoms with Crippen LogP contribution >= 0.6 is 0 Å². The normalized spacial score (nSPS) is 16.3. The molecule has 5 heteroatoms. The predicted molar refractivity (Wildman–Crippen MR) is 117 cm³/mol. The zero-order chi connectivity index (χ0) is 19.9. The largest absolute Gasteiger partial charge is 0.412 e. The van der Waals surface area contributed by atoms with Gasteiger partial charge < -0.3 is 14.6 Å². The van der Waals surface area contributed by atoms with Crippen LogP contribution in [-0.4, -0.2) is 34.0 Å². The van der Waals surface area contributed by atoms with Crippen LogP contribution in [0.2, 0.25) is 32.2 Å². The summed E-state index contributed by atoms with van der Waals surface area (Å²) in [6.07, 6.45) is 5.40. The fraction of sp³-hybridized carbons (Fsp3) is 1.00. The summed E-state index contributed by atoms with van der Waals surface area (Å²) in [5.74, 6) is 0.505. The Morgan fingerprint density at radius 1 is 0.880 bits per heavy atom. The minimum atomic E-state index is -2.07. The van der Waals surface area contributed by atoms with Crippen LogP contribution in [0.25, 0.3) is 0 Å². The molecule has 2 N–H and O–H groups in total. The molecule has 0 saturated carbocycles. The van der Waals surface area contributed by atoms with Crippen molar-refractivity contribution < 1.29 is 8.85 Å². The second kappa shape index (κ2) is 10.0. The van der Waals surface area contributed by atoms with Gasteiger partial charge in [0.25, 0.3) is 0 Å². The van der Waals surface area contributed by atoms with Gasteiger partial charge in [-0.15, -0.1) is 0 Å². The van der Waals surface area contributed by atoms with Crippen molar-refractivity contribution in [2.24, 2.45) is 11.7 Å². The fourth-order valence-electron chi connectivity index (χ4n) is 3.92. The molecule has 25 heavy (non-hydrogen) atoms. The molecule has 0 aromatic rings. The number of rotatable bonds is 13. The Bertz CT molecular complexity index is 382. The van der Waals surface area contributed by atoms with E-state index in [-0.39, 0.29) is 10.8 Å². The van der Waals surface area contributed by atoms with Crippen molar-refractivity contribution in [1.29, 1.82) is 0 Å². The summed E-state index contributed by atoms with van der Waals surface area (Å²) in [6.45, 7) is 23.9. The molecule has 152 valence electrons. The SMILES string of the molecule is CCC(C)(O[Si](C)(C)C(CC)(CC)O[Si](C)(C)CCCCN)C(C)C. The minimum Gasteiger partial charge on any atom is -0.412 e. The molecule has 0 aromatic carbocycles. The molecule has 0 aromatic heterocycles. The van der Waals surface area contributed by atoms with Crippen molar-refractivity contribution in [2.75, 3.05) is 6.54 Å². The zero-order valence-electron chi connectivity index (χ0n) is 18.9. The topological polar surface area (TPSA) is 44.5 Å². The zero-order valence-corrected chi connectivity index (χ0v) is 20.9. The second-order valence-electron chi connectivity index (χ2n) is 9.24. The van der Waals surface area contributed by atoms with Crippen LogP contribution in [-0.2, 0) is 8.85 Å². The van der Waals surface area contributed by atoms with E-state index in [2.05, 4.69) is 67.7 Å². The molecule has 0 rings (SSSR count). The van der Waals surface area contributed by atoms with E-state index in [9.17, 15) is 0 Å². The average Bonchev–Trinajstić information content (AvgIpc) is 2.51. The number of unbranched alkanes of at least 4 members (excludes halogenated alkanes) is 1. The number of hydrogen-bond acceptors (Lipinski definition) is 3. The third-order valence-electron chi connectivity index (χ3n) is 6.36. The van der Waals surface area contributed by atoms with Crippen LogP contribution in [0.3, 0.4) is 0 Å². The van der Waals surface area contributed by atoms with E-state index < -0.39 is 16.6 Å². The Morgan fingerprint density at radius 3 is 1.76 bits per heavy atom. The predicted octanol–water partition coefficient (Wildman–Crippen LogP) is 6.09. The van der Waals surface area contributed by atoms with Crippen LogP contribution in [0.5, 0.6) is 0 Å². The molecule has 3 nitrogen and oxygen atoms in total. The van der Waals surface area contributed by atoms with Gasteiger partial charge in [0.1, 0.15) is 0 Å². The molecular weight excluding hydrogens is 342 g/mol. The van der Waals surface area contributed by atoms with E-state index in [1.165, 1.54) is 12.5 Å². The molecule has 0 aliphatic rings. The van der Waals surface area contributed by atoms with E-state index in [0.29, 0.717) is 5.92 Å². The Kier molecular flexibility index (Phi) is 10.1. The van der Waals surface area contributed by atoms with Crippen molar-refractivity contribution in [1.82, 2.24) is 0 Å². The highest BCUT2D eigenvalue weighted by Gasteiger charge is 2.52. The van der Waals surface area contributed by atoms with Crippen molar-refractivity contribution in [2.45, 2.75) is 117 Å². The summed E-state index contributed by atoms with van der Waals surface area (Å²) in [5.41, 5.74) is 5.61. The van der Waals surface area contributed by atoms with Crippen LogP contribution < -0.4 is 5.73 Å². The van der Waals surface area contributed by atoms with Crippen LogP contribution in [0.4, 0.5) is 0 Å². The summed E-state index contributed by atoms with van der Waals surface area (Å²) in [6, 6.07) is 1.19. The summed E-state index contributed by atoms with van der Waals surface area (Å²) in [4.78, 5) is 0. The fourth-order valence-corrected chi connectivity index (χ4v) is 11.7. The van der Waals surface area contributed by atoms with E-state index in [0.717, 1.165) is 32.2 Å². The van der Waals surface area contributed by atoms with Gasteiger partial charge in [0.15, 0.2) is 8.32 Å². The van der Waals surface area contributed by atoms with Crippen molar-refractivity contribution in [3.05, 3.63) is 0 Å². The first-order valence-electron chi connectivity index (χ1n) is 10.5. The summed E-state index contributed by atoms with van der Waals surface area (Å²) in [5, 5.41) is -0.100. The molecular formula is C20H47NO2Si2. The number of hydrogen-bond donors (Lipinski definition) is 1. The molecule has 0 radical (unpaired) electrons. The van der Waals surface area contributed by atoms with Gasteiger partial charge in [0, 0.05) is 0 Å². The highest BCUT2D eigenvalue weighted by Crippen LogP contribution is 2.41. The lowest BCUT2D eigenvalue weighted by Gasteiger charge is -2.52. The monoisotopic (exact) mass is 389 g/mol. The molecule has 0 amide bonds. The van der Waals surface area contributed by atoms with Gasteiger partial charge in [0.2, 0.25) is 8.32 Å². The summed E-state index contributed by atoms with van der Waals surface area (Å²) in [7, 11) is -3.81. The Labute approximate surface area is 160 Å². The van der Waals surface area contributed by atoms with E-state index >= 15 is 0 Å². The van der Waals surface area contributed by atoms with Crippen molar-refractivity contribution in [3.8, 4) is 0 Å². The molecule has 1 atom stereocenters. The first-order valence-corrected chi connectivity index (χ1v) is 16.5. The van der Waals surface area contributed by atoms with E-state index in [1.807, 2.05) is 0 Å². The van der Waals surface area contributed by atoms with Gasteiger partial charge in [-0.25, -0.2) is 0 Å². The minimum absolute atomic E-state index is 0.0695. The third-order valence-corrected chi connectivity index (χ3v) is 13.0. The second-order valence-corrected chi connectivity index (χ2v) is 17.6. The lowest BCUT2D eigenvalue weighted by atomic mass is 9.90. The highest BCUT2D eigenvalue weighted by atomic mass is 28.4. The molecule has 1 unspecified atom stereocenters. The van der Waals surface area contributed by atoms with Crippen LogP contribution in [0.1, 0.15) is 73.6 Å². The van der Waals surface area contributed by atoms with E-state index in [1.54, 1.807) is 0 Å². The first-order chi connectivity index (χ1) is 11.4. The lowest BCUT2D eigenvalue weighted by Crippen LogP contribution is -2.64. The van der Waals surface area contributed by atoms with Gasteiger partial charge >= 0.3 is 0 Å². The lowest BCUT2D eigenvalue weighted by molar-refractivity contribution is -0.00292. The molecule has 0 fully saturated rings. The van der Waals surface area contributed by atoms with Gasteiger partial charge in [-0.1, -0.05) is 41.0 Å². The summed E-state index contributed by atoms with van der Waals surface area (Å²) < 4.78 is 14.0. The van der Waals surface area contributed by atoms with Gasteiger partial charge in [0.05, 0.1) is 10.8 Å². The highest BCUT2D eigenvalue weighted by molar-refractivity contribution is 6.77. The molecule has 0 aliphatic carbocycles. The average molecular weight is 390 g/mol. The molecule has 0 spiro atoms. The smallest absolute Gasteiger partial charge is 0.217 e. The Hall–Kier alpha value is 0.314. The molecule has 0 saturated heterocycles. The van der Waals surface area contributed by atoms with Crippen LogP contribution in [0, 0.1) is 5.92 Å². The van der Waals surface area contributed by atoms with Crippen molar-refractivity contribution in [3.63, 3.8) is 0 Å². The number of nitrogens with two attached hydrogens (primary N) is 1. The quantitative estimate of drug-likeness (QED) is 0.306. The maximum Gasteiger partial charge on any atom is 0.217 e. The van der Waals surface area contributed by atoms with Crippen LogP contribution in [0.15, 0.2) is 0 Å². The van der Waals surface area contributed by atoms with Gasteiger partial charge in [-0.2, -0.15) is 0 Å². The Morgan fingerprint density at radius 2 is 1.40 bits per heavy atom. The van der Waals surface area contributed by atoms with Gasteiger partial charge in [-0.3, -0.25) is 0 Å². The van der Waals surface area contributed by atoms with E-state index in [4.69, 9.17) is 14.6 Å². The molecule has 0 aliphatic heterocycles. The molecule has 0 heterocycles. The molecule has 0 bridgehead atoms. The Balaban J connectivity index is 5.52. The maximum atomic E-state index is 7.04. The van der Waals surface area contributed by atoms with Gasteiger partial charge in [-0.05, 0) is 77.3 Å². The van der Waals surface area contributed by atoms with Crippen molar-refractivity contribution >= 4 is 16.6 Å². The standard InChI is InChI=1S/C20H47NO2Si2/c1-11-19(6,18(4)5)22-25(9,10)20(12-2,13-3)23-24(7,8)17-15-14-16-21/h18H,11-17,21H2,1-10H3. The summed E-state index contributed by atoms with van der Waals surface area (Å²) >= 11 is 0.